The van der Waals surface area contributed by atoms with E-state index < -0.39 is 20.0 Å². The maximum absolute atomic E-state index is 13.5. The summed E-state index contributed by atoms with van der Waals surface area (Å²) in [5.41, 5.74) is 0. The van der Waals surface area contributed by atoms with Gasteiger partial charge in [0.1, 0.15) is 19.3 Å². The van der Waals surface area contributed by atoms with Crippen LogP contribution in [0.3, 0.4) is 0 Å². The first-order valence-electron chi connectivity index (χ1n) is 29.6. The number of phosphoric acid groups is 1. The second kappa shape index (κ2) is 51.2. The van der Waals surface area contributed by atoms with E-state index in [0.29, 0.717) is 23.9 Å². The molecule has 3 atom stereocenters. The summed E-state index contributed by atoms with van der Waals surface area (Å²) in [6, 6.07) is -0.858. The predicted octanol–water partition coefficient (Wildman–Crippen LogP) is 17.9. The van der Waals surface area contributed by atoms with Crippen LogP contribution in [0.2, 0.25) is 0 Å². The van der Waals surface area contributed by atoms with E-state index in [2.05, 4.69) is 74.7 Å². The first kappa shape index (κ1) is 68.7. The molecule has 0 fully saturated rings. The summed E-state index contributed by atoms with van der Waals surface area (Å²) < 4.78 is 30.6. The van der Waals surface area contributed by atoms with Gasteiger partial charge in [-0.2, -0.15) is 0 Å². The van der Waals surface area contributed by atoms with Crippen molar-refractivity contribution in [2.24, 2.45) is 0 Å². The van der Waals surface area contributed by atoms with Crippen molar-refractivity contribution in [1.29, 1.82) is 0 Å². The number of esters is 1. The SMILES string of the molecule is CCCCC/C=C\C/C=C\C/C=C\CCCCCCCCCCC(=O)NC(COP(=O)(O)OCC[N+](C)(C)C)C(/C=C\CCCCCCCCCCC)OC(=O)CCCCC/C=C\CCCCCCCC. The van der Waals surface area contributed by atoms with Gasteiger partial charge in [-0.3, -0.25) is 18.6 Å². The number of carbonyl (C=O) groups excluding carboxylic acids is 2. The zero-order valence-electron chi connectivity index (χ0n) is 47.2. The monoisotopic (exact) mass is 1020 g/mol. The minimum absolute atomic E-state index is 0.0353. The molecular weight excluding hydrogens is 904 g/mol. The van der Waals surface area contributed by atoms with Crippen molar-refractivity contribution in [2.45, 2.75) is 277 Å². The fourth-order valence-electron chi connectivity index (χ4n) is 8.29. The Morgan fingerprint density at radius 3 is 1.34 bits per heavy atom. The van der Waals surface area contributed by atoms with Crippen molar-refractivity contribution in [3.05, 3.63) is 60.8 Å². The lowest BCUT2D eigenvalue weighted by Crippen LogP contribution is -2.47. The Balaban J connectivity index is 5.25. The van der Waals surface area contributed by atoms with Gasteiger partial charge in [0, 0.05) is 12.8 Å². The molecule has 0 radical (unpaired) electrons. The first-order valence-corrected chi connectivity index (χ1v) is 31.1. The molecule has 0 spiro atoms. The van der Waals surface area contributed by atoms with E-state index in [-0.39, 0.29) is 31.5 Å². The fraction of sp³-hybridized carbons (Fsp3) is 0.803. The molecule has 0 aromatic rings. The van der Waals surface area contributed by atoms with Crippen LogP contribution in [0.15, 0.2) is 60.8 Å². The third-order valence-corrected chi connectivity index (χ3v) is 13.9. The normalized spacial score (nSPS) is 14.2. The van der Waals surface area contributed by atoms with Gasteiger partial charge < -0.3 is 19.4 Å². The summed E-state index contributed by atoms with van der Waals surface area (Å²) in [4.78, 5) is 37.6. The Kier molecular flexibility index (Phi) is 49.6. The van der Waals surface area contributed by atoms with E-state index in [1.807, 2.05) is 33.3 Å². The minimum atomic E-state index is -4.45. The molecule has 1 amide bonds. The number of amides is 1. The van der Waals surface area contributed by atoms with E-state index in [9.17, 15) is 19.0 Å². The number of likely N-dealkylation sites (N-methyl/N-ethyl adjacent to an activating group) is 1. The molecule has 0 saturated carbocycles. The minimum Gasteiger partial charge on any atom is -0.456 e. The van der Waals surface area contributed by atoms with Crippen LogP contribution in [-0.2, 0) is 27.9 Å². The summed E-state index contributed by atoms with van der Waals surface area (Å²) in [6.45, 7) is 6.96. The summed E-state index contributed by atoms with van der Waals surface area (Å²) in [5, 5.41) is 3.04. The van der Waals surface area contributed by atoms with Crippen molar-refractivity contribution in [3.63, 3.8) is 0 Å². The number of ether oxygens (including phenoxy) is 1. The third-order valence-electron chi connectivity index (χ3n) is 12.9. The van der Waals surface area contributed by atoms with Crippen LogP contribution >= 0.6 is 7.82 Å². The summed E-state index contributed by atoms with van der Waals surface area (Å²) in [5.74, 6) is -0.531. The Labute approximate surface area is 439 Å². The van der Waals surface area contributed by atoms with Crippen LogP contribution in [0.1, 0.15) is 265 Å². The van der Waals surface area contributed by atoms with Gasteiger partial charge in [0.2, 0.25) is 5.91 Å². The molecule has 0 heterocycles. The summed E-state index contributed by atoms with van der Waals surface area (Å²) in [6.07, 6.45) is 63.6. The molecule has 0 aliphatic rings. The molecule has 10 heteroatoms. The maximum atomic E-state index is 13.5. The number of phosphoric ester groups is 1. The fourth-order valence-corrected chi connectivity index (χ4v) is 9.03. The molecule has 0 aromatic carbocycles. The van der Waals surface area contributed by atoms with E-state index >= 15 is 0 Å². The van der Waals surface area contributed by atoms with Gasteiger partial charge in [-0.05, 0) is 96.0 Å². The number of rotatable bonds is 53. The van der Waals surface area contributed by atoms with Gasteiger partial charge in [-0.25, -0.2) is 4.57 Å². The van der Waals surface area contributed by atoms with Crippen molar-refractivity contribution in [1.82, 2.24) is 5.32 Å². The number of quaternary nitrogens is 1. The van der Waals surface area contributed by atoms with Gasteiger partial charge in [0.15, 0.2) is 0 Å². The summed E-state index contributed by atoms with van der Waals surface area (Å²) >= 11 is 0. The van der Waals surface area contributed by atoms with Crippen molar-refractivity contribution < 1.29 is 37.3 Å². The molecule has 9 nitrogen and oxygen atoms in total. The van der Waals surface area contributed by atoms with Crippen LogP contribution in [0.4, 0.5) is 0 Å². The van der Waals surface area contributed by atoms with Crippen LogP contribution in [0.25, 0.3) is 0 Å². The molecule has 0 rings (SSSR count). The molecular formula is C61H114N2O7P+. The smallest absolute Gasteiger partial charge is 0.456 e. The zero-order valence-corrected chi connectivity index (χ0v) is 48.1. The highest BCUT2D eigenvalue weighted by atomic mass is 31.2. The predicted molar refractivity (Wildman–Crippen MR) is 305 cm³/mol. The van der Waals surface area contributed by atoms with E-state index in [1.54, 1.807) is 0 Å². The van der Waals surface area contributed by atoms with E-state index in [0.717, 1.165) is 89.9 Å². The average molecular weight is 1020 g/mol. The molecule has 0 aromatic heterocycles. The lowest BCUT2D eigenvalue weighted by atomic mass is 10.0. The Morgan fingerprint density at radius 1 is 0.493 bits per heavy atom. The Hall–Kier alpha value is -2.29. The molecule has 0 aliphatic carbocycles. The molecule has 0 saturated heterocycles. The van der Waals surface area contributed by atoms with Crippen LogP contribution < -0.4 is 5.32 Å². The average Bonchev–Trinajstić information content (AvgIpc) is 3.33. The highest BCUT2D eigenvalue weighted by Gasteiger charge is 2.30. The van der Waals surface area contributed by atoms with Crippen LogP contribution in [-0.4, -0.2) is 74.3 Å². The zero-order chi connectivity index (χ0) is 52.2. The molecule has 3 unspecified atom stereocenters. The number of unbranched alkanes of at least 4 members (excludes halogenated alkanes) is 29. The van der Waals surface area contributed by atoms with Crippen LogP contribution in [0, 0.1) is 0 Å². The number of hydrogen-bond acceptors (Lipinski definition) is 6. The molecule has 0 bridgehead atoms. The van der Waals surface area contributed by atoms with Gasteiger partial charge in [0.05, 0.1) is 33.8 Å². The topological polar surface area (TPSA) is 111 Å². The number of allylic oxidation sites excluding steroid dienone is 9. The summed E-state index contributed by atoms with van der Waals surface area (Å²) in [7, 11) is 1.48. The highest BCUT2D eigenvalue weighted by Crippen LogP contribution is 2.43. The molecule has 71 heavy (non-hydrogen) atoms. The quantitative estimate of drug-likeness (QED) is 0.0205. The van der Waals surface area contributed by atoms with Gasteiger partial charge in [-0.1, -0.05) is 217 Å². The van der Waals surface area contributed by atoms with Gasteiger partial charge >= 0.3 is 13.8 Å². The lowest BCUT2D eigenvalue weighted by molar-refractivity contribution is -0.870. The van der Waals surface area contributed by atoms with Crippen molar-refractivity contribution >= 4 is 19.7 Å². The number of nitrogens with zero attached hydrogens (tertiary/aromatic N) is 1. The highest BCUT2D eigenvalue weighted by molar-refractivity contribution is 7.47. The standard InChI is InChI=1S/C61H113N2O7P/c1-7-10-13-16-19-22-25-27-28-29-30-31-32-33-34-36-38-41-44-47-50-53-60(64)62-58(57-69-71(66,67)68-56-55-63(4,5)6)59(52-49-46-43-40-37-24-21-18-15-12-9-3)70-61(65)54-51-48-45-42-39-35-26-23-20-17-14-11-8-2/h19,22,27-28,30-31,35,39,49,52,58-59H,7-18,20-21,23-26,29,32-34,36-38,40-48,50-51,53-57H2,1-6H3,(H-,62,64,66,67)/p+1/b22-19-,28-27-,31-30-,39-35-,52-49-. The van der Waals surface area contributed by atoms with Crippen molar-refractivity contribution in [2.75, 3.05) is 40.9 Å². The Bertz CT molecular complexity index is 1400. The molecule has 2 N–H and O–H groups in total. The molecule has 414 valence electrons. The second-order valence-corrected chi connectivity index (χ2v) is 22.6. The van der Waals surface area contributed by atoms with E-state index in [4.69, 9.17) is 13.8 Å². The van der Waals surface area contributed by atoms with E-state index in [1.165, 1.54) is 135 Å². The van der Waals surface area contributed by atoms with Gasteiger partial charge in [0.25, 0.3) is 0 Å². The third kappa shape index (κ3) is 52.4. The number of carbonyl (C=O) groups is 2. The Morgan fingerprint density at radius 2 is 0.859 bits per heavy atom. The number of hydrogen-bond donors (Lipinski definition) is 2. The second-order valence-electron chi connectivity index (χ2n) is 21.2. The lowest BCUT2D eigenvalue weighted by Gasteiger charge is -2.27. The molecule has 0 aliphatic heterocycles. The first-order chi connectivity index (χ1) is 34.4. The maximum Gasteiger partial charge on any atom is 0.472 e. The number of nitrogens with one attached hydrogen (secondary N) is 1. The van der Waals surface area contributed by atoms with Crippen molar-refractivity contribution in [3.8, 4) is 0 Å². The van der Waals surface area contributed by atoms with Crippen LogP contribution in [0.5, 0.6) is 0 Å². The van der Waals surface area contributed by atoms with Gasteiger partial charge in [-0.15, -0.1) is 0 Å². The largest absolute Gasteiger partial charge is 0.472 e.